The lowest BCUT2D eigenvalue weighted by atomic mass is 10.3. The van der Waals surface area contributed by atoms with E-state index in [-0.39, 0.29) is 20.9 Å². The zero-order valence-corrected chi connectivity index (χ0v) is 8.41. The van der Waals surface area contributed by atoms with Crippen molar-refractivity contribution >= 4 is 46.3 Å². The average molecular weight is 240 g/mol. The Morgan fingerprint density at radius 2 is 2.15 bits per heavy atom. The van der Waals surface area contributed by atoms with Gasteiger partial charge in [0.15, 0.2) is 10.3 Å². The number of Topliss-reactive ketones (excluding diaryl/α,β-unsaturated/α-hetero) is 1. The second-order valence-electron chi connectivity index (χ2n) is 2.01. The van der Waals surface area contributed by atoms with Crippen molar-refractivity contribution in [1.82, 2.24) is 4.98 Å². The third kappa shape index (κ3) is 2.18. The van der Waals surface area contributed by atoms with Gasteiger partial charge in [-0.1, -0.05) is 22.9 Å². The third-order valence-electron chi connectivity index (χ3n) is 1.18. The standard InChI is InChI=1S/C6H3Cl2NO3S/c7-1-2(10)3-4(5(11)12)13-6(8)9-3/h1H2,(H,11,12). The summed E-state index contributed by atoms with van der Waals surface area (Å²) in [5.41, 5.74) is -0.169. The number of nitrogens with zero attached hydrogens (tertiary/aromatic N) is 1. The Morgan fingerprint density at radius 3 is 2.62 bits per heavy atom. The van der Waals surface area contributed by atoms with Crippen molar-refractivity contribution in [2.75, 3.05) is 5.88 Å². The first-order chi connectivity index (χ1) is 6.06. The first kappa shape index (κ1) is 10.4. The van der Waals surface area contributed by atoms with E-state index in [9.17, 15) is 9.59 Å². The number of carboxylic acid groups (broad SMARTS) is 1. The normalized spacial score (nSPS) is 10.0. The number of carbonyl (C=O) groups is 2. The number of hydrogen-bond donors (Lipinski definition) is 1. The van der Waals surface area contributed by atoms with Crippen LogP contribution in [0.5, 0.6) is 0 Å². The summed E-state index contributed by atoms with van der Waals surface area (Å²) in [6, 6.07) is 0. The van der Waals surface area contributed by atoms with Gasteiger partial charge in [0.2, 0.25) is 0 Å². The zero-order chi connectivity index (χ0) is 10.0. The fourth-order valence-electron chi connectivity index (χ4n) is 0.691. The fraction of sp³-hybridized carbons (Fsp3) is 0.167. The number of carboxylic acids is 1. The van der Waals surface area contributed by atoms with Gasteiger partial charge < -0.3 is 5.11 Å². The molecule has 0 aliphatic heterocycles. The monoisotopic (exact) mass is 239 g/mol. The Kier molecular flexibility index (Phi) is 3.24. The summed E-state index contributed by atoms with van der Waals surface area (Å²) in [6.45, 7) is 0. The predicted molar refractivity (Wildman–Crippen MR) is 49.1 cm³/mol. The van der Waals surface area contributed by atoms with E-state index in [0.717, 1.165) is 11.3 Å². The molecule has 0 amide bonds. The summed E-state index contributed by atoms with van der Waals surface area (Å²) in [5, 5.41) is 8.64. The molecule has 1 N–H and O–H groups in total. The van der Waals surface area contributed by atoms with Gasteiger partial charge in [-0.15, -0.1) is 11.6 Å². The molecule has 0 fully saturated rings. The number of carbonyl (C=O) groups excluding carboxylic acids is 1. The molecule has 7 heteroatoms. The molecule has 0 aromatic carbocycles. The summed E-state index contributed by atoms with van der Waals surface area (Å²) < 4.78 is 0.0193. The molecule has 1 aromatic heterocycles. The SMILES string of the molecule is O=C(CCl)c1nc(Cl)sc1C(=O)O. The van der Waals surface area contributed by atoms with E-state index in [2.05, 4.69) is 4.98 Å². The zero-order valence-electron chi connectivity index (χ0n) is 6.08. The van der Waals surface area contributed by atoms with Gasteiger partial charge >= 0.3 is 5.97 Å². The molecular formula is C6H3Cl2NO3S. The minimum atomic E-state index is -1.22. The van der Waals surface area contributed by atoms with Crippen molar-refractivity contribution < 1.29 is 14.7 Å². The molecule has 1 aromatic rings. The Bertz CT molecular complexity index is 363. The van der Waals surface area contributed by atoms with Crippen LogP contribution in [0.15, 0.2) is 0 Å². The summed E-state index contributed by atoms with van der Waals surface area (Å²) in [6.07, 6.45) is 0. The van der Waals surface area contributed by atoms with E-state index in [1.54, 1.807) is 0 Å². The molecule has 0 saturated heterocycles. The minimum absolute atomic E-state index is 0.0193. The van der Waals surface area contributed by atoms with E-state index in [1.807, 2.05) is 0 Å². The highest BCUT2D eigenvalue weighted by molar-refractivity contribution is 7.17. The summed E-state index contributed by atoms with van der Waals surface area (Å²) in [5.74, 6) is -2.07. The highest BCUT2D eigenvalue weighted by atomic mass is 35.5. The quantitative estimate of drug-likeness (QED) is 0.647. The smallest absolute Gasteiger partial charge is 0.348 e. The van der Waals surface area contributed by atoms with Crippen molar-refractivity contribution in [1.29, 1.82) is 0 Å². The number of ketones is 1. The van der Waals surface area contributed by atoms with Gasteiger partial charge in [-0.3, -0.25) is 4.79 Å². The molecule has 1 rings (SSSR count). The molecule has 4 nitrogen and oxygen atoms in total. The topological polar surface area (TPSA) is 67.3 Å². The Morgan fingerprint density at radius 1 is 1.54 bits per heavy atom. The van der Waals surface area contributed by atoms with Crippen LogP contribution in [0.4, 0.5) is 0 Å². The van der Waals surface area contributed by atoms with Gasteiger partial charge in [0.25, 0.3) is 0 Å². The van der Waals surface area contributed by atoms with Crippen LogP contribution in [0, 0.1) is 0 Å². The number of hydrogen-bond acceptors (Lipinski definition) is 4. The fourth-order valence-corrected chi connectivity index (χ4v) is 1.78. The molecule has 0 saturated carbocycles. The molecule has 0 unspecified atom stereocenters. The third-order valence-corrected chi connectivity index (χ3v) is 2.57. The van der Waals surface area contributed by atoms with Gasteiger partial charge in [0, 0.05) is 0 Å². The molecule has 0 radical (unpaired) electrons. The lowest BCUT2D eigenvalue weighted by Gasteiger charge is -1.91. The highest BCUT2D eigenvalue weighted by Gasteiger charge is 2.21. The second kappa shape index (κ2) is 4.04. The number of alkyl halides is 1. The molecule has 70 valence electrons. The van der Waals surface area contributed by atoms with Crippen LogP contribution >= 0.6 is 34.5 Å². The second-order valence-corrected chi connectivity index (χ2v) is 3.85. The van der Waals surface area contributed by atoms with Crippen molar-refractivity contribution in [2.24, 2.45) is 0 Å². The minimum Gasteiger partial charge on any atom is -0.477 e. The Hall–Kier alpha value is -0.650. The molecule has 13 heavy (non-hydrogen) atoms. The van der Waals surface area contributed by atoms with E-state index >= 15 is 0 Å². The summed E-state index contributed by atoms with van der Waals surface area (Å²) >= 11 is 11.5. The van der Waals surface area contributed by atoms with Crippen LogP contribution in [0.2, 0.25) is 4.47 Å². The Balaban J connectivity index is 3.19. The lowest BCUT2D eigenvalue weighted by Crippen LogP contribution is -2.07. The molecular weight excluding hydrogens is 237 g/mol. The first-order valence-electron chi connectivity index (χ1n) is 3.05. The van der Waals surface area contributed by atoms with Crippen molar-refractivity contribution in [3.63, 3.8) is 0 Å². The number of thiazole rings is 1. The maximum atomic E-state index is 11.0. The van der Waals surface area contributed by atoms with Crippen LogP contribution in [-0.2, 0) is 0 Å². The summed E-state index contributed by atoms with van der Waals surface area (Å²) in [4.78, 5) is 25.0. The van der Waals surface area contributed by atoms with Crippen LogP contribution in [0.3, 0.4) is 0 Å². The van der Waals surface area contributed by atoms with E-state index < -0.39 is 11.8 Å². The number of rotatable bonds is 3. The van der Waals surface area contributed by atoms with Crippen LogP contribution in [-0.4, -0.2) is 27.7 Å². The molecule has 0 atom stereocenters. The number of aromatic carboxylic acids is 1. The lowest BCUT2D eigenvalue weighted by molar-refractivity contribution is 0.0697. The van der Waals surface area contributed by atoms with E-state index in [4.69, 9.17) is 28.3 Å². The van der Waals surface area contributed by atoms with Crippen LogP contribution in [0.25, 0.3) is 0 Å². The first-order valence-corrected chi connectivity index (χ1v) is 4.78. The van der Waals surface area contributed by atoms with Gasteiger partial charge in [-0.05, 0) is 0 Å². The molecule has 1 heterocycles. The van der Waals surface area contributed by atoms with Gasteiger partial charge in [-0.25, -0.2) is 9.78 Å². The maximum Gasteiger partial charge on any atom is 0.348 e. The molecule has 0 spiro atoms. The number of aromatic nitrogens is 1. The van der Waals surface area contributed by atoms with Crippen molar-refractivity contribution in [2.45, 2.75) is 0 Å². The molecule has 0 bridgehead atoms. The number of halogens is 2. The largest absolute Gasteiger partial charge is 0.477 e. The van der Waals surface area contributed by atoms with Crippen molar-refractivity contribution in [3.05, 3.63) is 15.0 Å². The van der Waals surface area contributed by atoms with Gasteiger partial charge in [0.1, 0.15) is 10.6 Å². The maximum absolute atomic E-state index is 11.0. The predicted octanol–water partition coefficient (Wildman–Crippen LogP) is 1.92. The van der Waals surface area contributed by atoms with Crippen LogP contribution in [0.1, 0.15) is 20.2 Å². The van der Waals surface area contributed by atoms with Gasteiger partial charge in [0.05, 0.1) is 5.88 Å². The average Bonchev–Trinajstić information content (AvgIpc) is 2.46. The van der Waals surface area contributed by atoms with Gasteiger partial charge in [-0.2, -0.15) is 0 Å². The molecule has 0 aliphatic rings. The highest BCUT2D eigenvalue weighted by Crippen LogP contribution is 2.23. The van der Waals surface area contributed by atoms with E-state index in [0.29, 0.717) is 0 Å². The van der Waals surface area contributed by atoms with Crippen molar-refractivity contribution in [3.8, 4) is 0 Å². The Labute approximate surface area is 87.1 Å². The summed E-state index contributed by atoms with van der Waals surface area (Å²) in [7, 11) is 0. The van der Waals surface area contributed by atoms with E-state index in [1.165, 1.54) is 0 Å². The molecule has 0 aliphatic carbocycles. The van der Waals surface area contributed by atoms with Crippen LogP contribution < -0.4 is 0 Å².